The first-order valence-electron chi connectivity index (χ1n) is 3.87. The molecule has 68 valence electrons. The summed E-state index contributed by atoms with van der Waals surface area (Å²) < 4.78 is 0. The summed E-state index contributed by atoms with van der Waals surface area (Å²) in [7, 11) is 0. The Morgan fingerprint density at radius 1 is 1.38 bits per heavy atom. The van der Waals surface area contributed by atoms with Gasteiger partial charge in [-0.05, 0) is 18.4 Å². The zero-order valence-electron chi connectivity index (χ0n) is 7.10. The lowest BCUT2D eigenvalue weighted by Gasteiger charge is -2.18. The fourth-order valence-electron chi connectivity index (χ4n) is 1.12. The summed E-state index contributed by atoms with van der Waals surface area (Å²) in [6.07, 6.45) is 1.71. The maximum atomic E-state index is 10.2. The summed E-state index contributed by atoms with van der Waals surface area (Å²) in [5.41, 5.74) is -0.928. The van der Waals surface area contributed by atoms with Crippen molar-refractivity contribution in [1.82, 2.24) is 4.98 Å². The SMILES string of the molecule is CC(O)(c1cccs1)c1nccs1. The van der Waals surface area contributed by atoms with Gasteiger partial charge in [-0.25, -0.2) is 4.98 Å². The molecule has 0 spiro atoms. The summed E-state index contributed by atoms with van der Waals surface area (Å²) in [5.74, 6) is 0. The van der Waals surface area contributed by atoms with Crippen LogP contribution in [-0.2, 0) is 5.60 Å². The lowest BCUT2D eigenvalue weighted by molar-refractivity contribution is 0.106. The van der Waals surface area contributed by atoms with Gasteiger partial charge in [0.2, 0.25) is 0 Å². The number of nitrogens with zero attached hydrogens (tertiary/aromatic N) is 1. The number of aromatic nitrogens is 1. The summed E-state index contributed by atoms with van der Waals surface area (Å²) in [6, 6.07) is 3.86. The maximum Gasteiger partial charge on any atom is 0.147 e. The van der Waals surface area contributed by atoms with Crippen molar-refractivity contribution < 1.29 is 5.11 Å². The second-order valence-corrected chi connectivity index (χ2v) is 4.73. The largest absolute Gasteiger partial charge is 0.377 e. The smallest absolute Gasteiger partial charge is 0.147 e. The second-order valence-electron chi connectivity index (χ2n) is 2.89. The molecule has 0 radical (unpaired) electrons. The number of hydrogen-bond donors (Lipinski definition) is 1. The molecule has 1 N–H and O–H groups in total. The second kappa shape index (κ2) is 3.21. The number of rotatable bonds is 2. The van der Waals surface area contributed by atoms with Gasteiger partial charge in [0.15, 0.2) is 0 Å². The zero-order chi connectivity index (χ0) is 9.31. The Kier molecular flexibility index (Phi) is 2.19. The van der Waals surface area contributed by atoms with Crippen LogP contribution >= 0.6 is 22.7 Å². The molecule has 0 saturated heterocycles. The summed E-state index contributed by atoms with van der Waals surface area (Å²) in [5, 5.41) is 14.8. The van der Waals surface area contributed by atoms with Crippen LogP contribution in [-0.4, -0.2) is 10.1 Å². The predicted molar refractivity (Wildman–Crippen MR) is 55.1 cm³/mol. The summed E-state index contributed by atoms with van der Waals surface area (Å²) >= 11 is 3.02. The van der Waals surface area contributed by atoms with Crippen molar-refractivity contribution in [2.75, 3.05) is 0 Å². The van der Waals surface area contributed by atoms with E-state index in [2.05, 4.69) is 4.98 Å². The lowest BCUT2D eigenvalue weighted by Crippen LogP contribution is -2.20. The molecule has 0 fully saturated rings. The molecule has 2 aromatic heterocycles. The van der Waals surface area contributed by atoms with Gasteiger partial charge < -0.3 is 5.11 Å². The van der Waals surface area contributed by atoms with E-state index in [9.17, 15) is 5.11 Å². The van der Waals surface area contributed by atoms with Gasteiger partial charge in [-0.1, -0.05) is 6.07 Å². The van der Waals surface area contributed by atoms with E-state index < -0.39 is 5.60 Å². The predicted octanol–water partition coefficient (Wildman–Crippen LogP) is 2.46. The van der Waals surface area contributed by atoms with E-state index in [0.717, 1.165) is 9.88 Å². The molecule has 0 saturated carbocycles. The molecule has 2 nitrogen and oxygen atoms in total. The third-order valence-corrected chi connectivity index (χ3v) is 3.91. The normalized spacial score (nSPS) is 15.5. The zero-order valence-corrected chi connectivity index (χ0v) is 8.73. The molecular formula is C9H9NOS2. The van der Waals surface area contributed by atoms with Gasteiger partial charge in [-0.2, -0.15) is 0 Å². The third-order valence-electron chi connectivity index (χ3n) is 1.85. The van der Waals surface area contributed by atoms with E-state index >= 15 is 0 Å². The van der Waals surface area contributed by atoms with E-state index in [-0.39, 0.29) is 0 Å². The lowest BCUT2D eigenvalue weighted by atomic mass is 10.1. The van der Waals surface area contributed by atoms with E-state index in [0.29, 0.717) is 0 Å². The van der Waals surface area contributed by atoms with Gasteiger partial charge in [0.05, 0.1) is 0 Å². The standard InChI is InChI=1S/C9H9NOS2/c1-9(11,7-3-2-5-12-7)8-10-4-6-13-8/h2-6,11H,1H3. The fourth-order valence-corrected chi connectivity index (χ4v) is 2.69. The van der Waals surface area contributed by atoms with Crippen LogP contribution < -0.4 is 0 Å². The molecule has 0 amide bonds. The Balaban J connectivity index is 2.42. The Labute approximate surface area is 84.5 Å². The molecule has 2 heterocycles. The first-order valence-corrected chi connectivity index (χ1v) is 5.63. The minimum absolute atomic E-state index is 0.745. The van der Waals surface area contributed by atoms with Gasteiger partial charge in [-0.15, -0.1) is 22.7 Å². The fraction of sp³-hybridized carbons (Fsp3) is 0.222. The average Bonchev–Trinajstić information content (AvgIpc) is 2.78. The van der Waals surface area contributed by atoms with Crippen molar-refractivity contribution in [2.24, 2.45) is 0 Å². The van der Waals surface area contributed by atoms with Crippen LogP contribution in [0, 0.1) is 0 Å². The van der Waals surface area contributed by atoms with E-state index in [1.54, 1.807) is 24.5 Å². The van der Waals surface area contributed by atoms with Gasteiger partial charge in [0.1, 0.15) is 10.6 Å². The highest BCUT2D eigenvalue weighted by atomic mass is 32.1. The number of aliphatic hydroxyl groups is 1. The van der Waals surface area contributed by atoms with Gasteiger partial charge >= 0.3 is 0 Å². The molecule has 2 rings (SSSR count). The minimum Gasteiger partial charge on any atom is -0.377 e. The average molecular weight is 211 g/mol. The van der Waals surface area contributed by atoms with Crippen LogP contribution in [0.4, 0.5) is 0 Å². The molecule has 0 aliphatic carbocycles. The Morgan fingerprint density at radius 2 is 2.23 bits per heavy atom. The number of hydrogen-bond acceptors (Lipinski definition) is 4. The van der Waals surface area contributed by atoms with Crippen molar-refractivity contribution in [3.63, 3.8) is 0 Å². The molecule has 0 bridgehead atoms. The quantitative estimate of drug-likeness (QED) is 0.827. The molecule has 2 aromatic rings. The summed E-state index contributed by atoms with van der Waals surface area (Å²) in [4.78, 5) is 5.05. The highest BCUT2D eigenvalue weighted by Gasteiger charge is 2.29. The first kappa shape index (κ1) is 8.87. The molecule has 4 heteroatoms. The molecule has 1 atom stereocenters. The van der Waals surface area contributed by atoms with Crippen molar-refractivity contribution in [3.05, 3.63) is 39.0 Å². The van der Waals surface area contributed by atoms with E-state index in [1.165, 1.54) is 11.3 Å². The van der Waals surface area contributed by atoms with Gasteiger partial charge in [0.25, 0.3) is 0 Å². The van der Waals surface area contributed by atoms with Crippen molar-refractivity contribution in [3.8, 4) is 0 Å². The summed E-state index contributed by atoms with van der Waals surface area (Å²) in [6.45, 7) is 1.78. The molecular weight excluding hydrogens is 202 g/mol. The number of thiazole rings is 1. The Morgan fingerprint density at radius 3 is 2.77 bits per heavy atom. The van der Waals surface area contributed by atoms with Crippen LogP contribution in [0.5, 0.6) is 0 Å². The minimum atomic E-state index is -0.928. The third kappa shape index (κ3) is 1.52. The van der Waals surface area contributed by atoms with E-state index in [4.69, 9.17) is 0 Å². The van der Waals surface area contributed by atoms with E-state index in [1.807, 2.05) is 22.9 Å². The molecule has 0 aliphatic rings. The monoisotopic (exact) mass is 211 g/mol. The molecule has 13 heavy (non-hydrogen) atoms. The van der Waals surface area contributed by atoms with Crippen LogP contribution in [0.2, 0.25) is 0 Å². The highest BCUT2D eigenvalue weighted by Crippen LogP contribution is 2.32. The Bertz CT molecular complexity index is 328. The maximum absolute atomic E-state index is 10.2. The van der Waals surface area contributed by atoms with Gasteiger partial charge in [0, 0.05) is 16.5 Å². The first-order chi connectivity index (χ1) is 6.21. The van der Waals surface area contributed by atoms with Gasteiger partial charge in [-0.3, -0.25) is 0 Å². The number of thiophene rings is 1. The molecule has 0 aromatic carbocycles. The van der Waals surface area contributed by atoms with Crippen molar-refractivity contribution >= 4 is 22.7 Å². The topological polar surface area (TPSA) is 33.1 Å². The van der Waals surface area contributed by atoms with Crippen molar-refractivity contribution in [2.45, 2.75) is 12.5 Å². The highest BCUT2D eigenvalue weighted by molar-refractivity contribution is 7.11. The van der Waals surface area contributed by atoms with Crippen LogP contribution in [0.25, 0.3) is 0 Å². The van der Waals surface area contributed by atoms with Crippen molar-refractivity contribution in [1.29, 1.82) is 0 Å². The molecule has 0 aliphatic heterocycles. The van der Waals surface area contributed by atoms with Crippen LogP contribution in [0.3, 0.4) is 0 Å². The van der Waals surface area contributed by atoms with Crippen LogP contribution in [0.15, 0.2) is 29.1 Å². The Hall–Kier alpha value is -0.710. The van der Waals surface area contributed by atoms with Crippen LogP contribution in [0.1, 0.15) is 16.8 Å². The molecule has 1 unspecified atom stereocenters.